The van der Waals surface area contributed by atoms with Crippen molar-refractivity contribution in [2.45, 2.75) is 77.7 Å². The lowest BCUT2D eigenvalue weighted by Gasteiger charge is -2.36. The molecule has 3 heterocycles. The Kier molecular flexibility index (Phi) is 11.9. The van der Waals surface area contributed by atoms with E-state index in [9.17, 15) is 24.6 Å². The molecule has 11 nitrogen and oxygen atoms in total. The van der Waals surface area contributed by atoms with Crippen molar-refractivity contribution < 1.29 is 24.6 Å². The Bertz CT molecular complexity index is 1900. The van der Waals surface area contributed by atoms with Crippen LogP contribution in [0.25, 0.3) is 5.69 Å². The Morgan fingerprint density at radius 3 is 2.40 bits per heavy atom. The molecule has 2 aliphatic rings. The number of hydrogen-bond donors (Lipinski definition) is 3. The Morgan fingerprint density at radius 2 is 1.69 bits per heavy atom. The standard InChI is InChI=1S/C40H48N6O5Si/c1-4-6-18-43(19-7-5-2)40(51)35-22-27(3)46(41-35)36-17-16-30(42-52-21-20-44-37(48)32-14-10-11-15-33(32)38(44)49)24-34(36)39(50)45-25-29-13-9-8-12-28(29)23-31(45)26-47/h8-17,22,24,31,37,42,47-48H,4-7,18-21,23,25-26H2,1-3H3/t31-,37?/m0/s1. The van der Waals surface area contributed by atoms with Crippen molar-refractivity contribution in [1.29, 1.82) is 0 Å². The number of amides is 3. The minimum Gasteiger partial charge on any atom is -0.411 e. The molecule has 12 heteroatoms. The predicted octanol–water partition coefficient (Wildman–Crippen LogP) is 5.38. The molecule has 3 amide bonds. The normalized spacial score (nSPS) is 16.5. The van der Waals surface area contributed by atoms with Gasteiger partial charge in [-0.3, -0.25) is 14.4 Å². The number of carbonyl (C=O) groups excluding carboxylic acids is 3. The molecule has 1 aromatic heterocycles. The quantitative estimate of drug-likeness (QED) is 0.111. The van der Waals surface area contributed by atoms with E-state index >= 15 is 0 Å². The van der Waals surface area contributed by atoms with Gasteiger partial charge < -0.3 is 29.9 Å². The second-order valence-electron chi connectivity index (χ2n) is 13.6. The second kappa shape index (κ2) is 16.7. The Hall–Kier alpha value is -4.78. The molecule has 2 radical (unpaired) electrons. The Balaban J connectivity index is 1.27. The van der Waals surface area contributed by atoms with Crippen LogP contribution in [-0.4, -0.2) is 94.4 Å². The first kappa shape index (κ1) is 37.0. The topological polar surface area (TPSA) is 131 Å². The van der Waals surface area contributed by atoms with Crippen LogP contribution in [0, 0.1) is 6.92 Å². The minimum atomic E-state index is -0.967. The summed E-state index contributed by atoms with van der Waals surface area (Å²) in [6.45, 7) is 7.99. The number of aryl methyl sites for hydroxylation is 1. The van der Waals surface area contributed by atoms with E-state index in [2.05, 4.69) is 18.8 Å². The molecule has 3 N–H and O–H groups in total. The zero-order chi connectivity index (χ0) is 36.8. The number of aliphatic hydroxyl groups excluding tert-OH is 2. The fourth-order valence-electron chi connectivity index (χ4n) is 7.03. The summed E-state index contributed by atoms with van der Waals surface area (Å²) in [6.07, 6.45) is 3.37. The van der Waals surface area contributed by atoms with E-state index in [-0.39, 0.29) is 34.0 Å². The maximum atomic E-state index is 14.6. The third kappa shape index (κ3) is 7.69. The van der Waals surface area contributed by atoms with E-state index in [0.29, 0.717) is 72.4 Å². The van der Waals surface area contributed by atoms with Gasteiger partial charge in [0.2, 0.25) is 0 Å². The maximum absolute atomic E-state index is 14.6. The van der Waals surface area contributed by atoms with Gasteiger partial charge in [0.05, 0.1) is 23.9 Å². The van der Waals surface area contributed by atoms with Crippen LogP contribution in [0.15, 0.2) is 72.8 Å². The third-order valence-electron chi connectivity index (χ3n) is 9.97. The van der Waals surface area contributed by atoms with E-state index in [1.54, 1.807) is 33.8 Å². The van der Waals surface area contributed by atoms with Crippen molar-refractivity contribution in [3.05, 3.63) is 112 Å². The van der Waals surface area contributed by atoms with Gasteiger partial charge in [-0.25, -0.2) is 4.68 Å². The molecular formula is C40H48N6O5Si. The maximum Gasteiger partial charge on any atom is 0.274 e. The molecule has 4 aromatic rings. The van der Waals surface area contributed by atoms with Crippen molar-refractivity contribution in [3.63, 3.8) is 0 Å². The van der Waals surface area contributed by atoms with Gasteiger partial charge in [-0.2, -0.15) is 5.10 Å². The highest BCUT2D eigenvalue weighted by Crippen LogP contribution is 2.32. The number of nitrogens with zero attached hydrogens (tertiary/aromatic N) is 5. The highest BCUT2D eigenvalue weighted by Gasteiger charge is 2.35. The number of nitrogens with one attached hydrogen (secondary N) is 1. The van der Waals surface area contributed by atoms with E-state index in [4.69, 9.17) is 5.10 Å². The lowest BCUT2D eigenvalue weighted by Crippen LogP contribution is -2.46. The molecule has 0 aliphatic carbocycles. The number of unbranched alkanes of at least 4 members (excludes halogenated alkanes) is 2. The molecule has 52 heavy (non-hydrogen) atoms. The van der Waals surface area contributed by atoms with Crippen LogP contribution in [0.2, 0.25) is 6.04 Å². The van der Waals surface area contributed by atoms with Crippen LogP contribution in [0.4, 0.5) is 5.69 Å². The summed E-state index contributed by atoms with van der Waals surface area (Å²) in [4.78, 5) is 49.7. The number of fused-ring (bicyclic) bond motifs is 2. The van der Waals surface area contributed by atoms with E-state index < -0.39 is 12.3 Å². The lowest BCUT2D eigenvalue weighted by atomic mass is 9.93. The number of benzene rings is 3. The van der Waals surface area contributed by atoms with E-state index in [0.717, 1.165) is 42.5 Å². The third-order valence-corrected chi connectivity index (χ3v) is 10.9. The smallest absolute Gasteiger partial charge is 0.274 e. The summed E-state index contributed by atoms with van der Waals surface area (Å²) in [5.74, 6) is -0.541. The van der Waals surface area contributed by atoms with Gasteiger partial charge in [-0.05, 0) is 73.7 Å². The molecule has 0 spiro atoms. The van der Waals surface area contributed by atoms with Crippen LogP contribution in [-0.2, 0) is 13.0 Å². The summed E-state index contributed by atoms with van der Waals surface area (Å²) >= 11 is 0. The number of hydrogen-bond acceptors (Lipinski definition) is 7. The molecule has 2 atom stereocenters. The second-order valence-corrected chi connectivity index (χ2v) is 14.7. The van der Waals surface area contributed by atoms with Crippen LogP contribution in [0.5, 0.6) is 0 Å². The summed E-state index contributed by atoms with van der Waals surface area (Å²) in [5, 5.41) is 26.0. The van der Waals surface area contributed by atoms with Crippen molar-refractivity contribution in [2.75, 3.05) is 31.2 Å². The largest absolute Gasteiger partial charge is 0.411 e. The summed E-state index contributed by atoms with van der Waals surface area (Å²) < 4.78 is 1.67. The minimum absolute atomic E-state index is 0.117. The summed E-state index contributed by atoms with van der Waals surface area (Å²) in [7, 11) is 0.195. The first-order valence-corrected chi connectivity index (χ1v) is 19.5. The predicted molar refractivity (Wildman–Crippen MR) is 202 cm³/mol. The van der Waals surface area contributed by atoms with Crippen LogP contribution in [0.3, 0.4) is 0 Å². The molecule has 0 saturated carbocycles. The molecular weight excluding hydrogens is 673 g/mol. The fraction of sp³-hybridized carbons (Fsp3) is 0.400. The van der Waals surface area contributed by atoms with Gasteiger partial charge in [-0.15, -0.1) is 0 Å². The summed E-state index contributed by atoms with van der Waals surface area (Å²) in [6, 6.07) is 22.6. The van der Waals surface area contributed by atoms with Crippen LogP contribution in [0.1, 0.15) is 99.3 Å². The van der Waals surface area contributed by atoms with Gasteiger partial charge >= 0.3 is 0 Å². The van der Waals surface area contributed by atoms with Crippen molar-refractivity contribution >= 4 is 33.1 Å². The SMILES string of the molecule is CCCCN(CCCC)C(=O)c1cc(C)n(-c2ccc(N[Si]CCN3C(=O)c4ccccc4C3O)cc2C(=O)N2Cc3ccccc3C[C@H]2CO)n1. The van der Waals surface area contributed by atoms with Crippen molar-refractivity contribution in [2.24, 2.45) is 0 Å². The molecule has 272 valence electrons. The van der Waals surface area contributed by atoms with Crippen molar-refractivity contribution in [1.82, 2.24) is 24.5 Å². The van der Waals surface area contributed by atoms with Gasteiger partial charge in [0.25, 0.3) is 17.7 Å². The molecule has 2 aliphatic heterocycles. The zero-order valence-electron chi connectivity index (χ0n) is 30.2. The molecule has 0 bridgehead atoms. The van der Waals surface area contributed by atoms with Gasteiger partial charge in [0.1, 0.15) is 0 Å². The number of aliphatic hydroxyl groups is 2. The average Bonchev–Trinajstić information content (AvgIpc) is 3.67. The Labute approximate surface area is 308 Å². The lowest BCUT2D eigenvalue weighted by molar-refractivity contribution is 0.0202. The van der Waals surface area contributed by atoms with Crippen LogP contribution < -0.4 is 4.98 Å². The first-order valence-electron chi connectivity index (χ1n) is 18.3. The van der Waals surface area contributed by atoms with Gasteiger partial charge in [0.15, 0.2) is 21.6 Å². The number of carbonyl (C=O) groups is 3. The molecule has 0 saturated heterocycles. The van der Waals surface area contributed by atoms with Gasteiger partial charge in [0, 0.05) is 48.7 Å². The highest BCUT2D eigenvalue weighted by atomic mass is 28.2. The average molecular weight is 721 g/mol. The first-order chi connectivity index (χ1) is 25.2. The number of aromatic nitrogens is 2. The number of rotatable bonds is 15. The van der Waals surface area contributed by atoms with E-state index in [1.807, 2.05) is 60.4 Å². The fourth-order valence-corrected chi connectivity index (χ4v) is 7.86. The summed E-state index contributed by atoms with van der Waals surface area (Å²) in [5.41, 5.74) is 6.03. The van der Waals surface area contributed by atoms with Crippen molar-refractivity contribution in [3.8, 4) is 5.69 Å². The van der Waals surface area contributed by atoms with Gasteiger partial charge in [-0.1, -0.05) is 69.2 Å². The molecule has 6 rings (SSSR count). The molecule has 1 unspecified atom stereocenters. The number of anilines is 1. The molecule has 0 fully saturated rings. The highest BCUT2D eigenvalue weighted by molar-refractivity contribution is 6.40. The zero-order valence-corrected chi connectivity index (χ0v) is 31.2. The Morgan fingerprint density at radius 1 is 0.981 bits per heavy atom. The van der Waals surface area contributed by atoms with E-state index in [1.165, 1.54) is 4.90 Å². The van der Waals surface area contributed by atoms with Crippen LogP contribution >= 0.6 is 0 Å². The monoisotopic (exact) mass is 720 g/mol. The molecule has 3 aromatic carbocycles.